The van der Waals surface area contributed by atoms with Crippen molar-refractivity contribution in [3.8, 4) is 0 Å². The summed E-state index contributed by atoms with van der Waals surface area (Å²) >= 11 is 7.04. The van der Waals surface area contributed by atoms with E-state index in [1.165, 1.54) is 0 Å². The predicted octanol–water partition coefficient (Wildman–Crippen LogP) is 1.44. The normalized spacial score (nSPS) is 14.8. The molecule has 1 atom stereocenters. The first-order valence-electron chi connectivity index (χ1n) is 1.32. The summed E-state index contributed by atoms with van der Waals surface area (Å²) < 4.78 is 0. The lowest BCUT2D eigenvalue weighted by Gasteiger charge is -1.76. The van der Waals surface area contributed by atoms with Crippen LogP contribution in [0, 0.1) is 0 Å². The van der Waals surface area contributed by atoms with Gasteiger partial charge in [-0.2, -0.15) is 0 Å². The van der Waals surface area contributed by atoms with E-state index < -0.39 is 0 Å². The fraction of sp³-hybridized carbons (Fsp3) is 1.00. The SMILES string of the molecule is CCS(=S)I. The Hall–Kier alpha value is 1.30. The molecule has 0 aromatic carbocycles. The Morgan fingerprint density at radius 2 is 2.20 bits per heavy atom. The Morgan fingerprint density at radius 3 is 2.20 bits per heavy atom. The molecule has 0 aromatic rings. The molecular weight excluding hydrogens is 215 g/mol. The summed E-state index contributed by atoms with van der Waals surface area (Å²) in [5.74, 6) is 1.13. The Labute approximate surface area is 51.5 Å². The van der Waals surface area contributed by atoms with Crippen LogP contribution < -0.4 is 0 Å². The highest BCUT2D eigenvalue weighted by Gasteiger charge is 1.70. The molecule has 0 nitrogen and oxygen atoms in total. The van der Waals surface area contributed by atoms with Gasteiger partial charge in [0.25, 0.3) is 0 Å². The molecule has 0 aliphatic rings. The standard InChI is InChI=1S/C2H5IS2/c1-2-5(3)4/h2H2,1H3. The van der Waals surface area contributed by atoms with Crippen LogP contribution in [0.5, 0.6) is 0 Å². The fourth-order valence-electron chi connectivity index (χ4n) is 0. The summed E-state index contributed by atoms with van der Waals surface area (Å²) in [6.45, 7) is 2.33. The molecule has 0 aromatic heterocycles. The van der Waals surface area contributed by atoms with Crippen molar-refractivity contribution < 1.29 is 0 Å². The number of halogens is 1. The molecule has 3 heteroatoms. The largest absolute Gasteiger partial charge is 0.0585 e. The maximum atomic E-state index is 4.79. The van der Waals surface area contributed by atoms with Crippen LogP contribution in [0.15, 0.2) is 0 Å². The van der Waals surface area contributed by atoms with Gasteiger partial charge < -0.3 is 0 Å². The van der Waals surface area contributed by atoms with Crippen LogP contribution in [0.2, 0.25) is 0 Å². The van der Waals surface area contributed by atoms with Gasteiger partial charge in [0.2, 0.25) is 0 Å². The topological polar surface area (TPSA) is 0 Å². The summed E-state index contributed by atoms with van der Waals surface area (Å²) in [6.07, 6.45) is 0. The van der Waals surface area contributed by atoms with E-state index in [1.807, 2.05) is 0 Å². The zero-order chi connectivity index (χ0) is 4.28. The summed E-state index contributed by atoms with van der Waals surface area (Å²) in [4.78, 5) is 0. The Bertz CT molecular complexity index is 42.9. The molecule has 32 valence electrons. The lowest BCUT2D eigenvalue weighted by atomic mass is 11.0. The highest BCUT2D eigenvalue weighted by molar-refractivity contribution is 14.2. The average Bonchev–Trinajstić information content (AvgIpc) is 1.38. The van der Waals surface area contributed by atoms with E-state index >= 15 is 0 Å². The van der Waals surface area contributed by atoms with Crippen molar-refractivity contribution in [2.24, 2.45) is 0 Å². The molecule has 0 N–H and O–H groups in total. The van der Waals surface area contributed by atoms with E-state index in [2.05, 4.69) is 28.1 Å². The second-order valence-electron chi connectivity index (χ2n) is 0.579. The monoisotopic (exact) mass is 220 g/mol. The first-order valence-corrected chi connectivity index (χ1v) is 6.18. The van der Waals surface area contributed by atoms with Crippen molar-refractivity contribution in [1.29, 1.82) is 0 Å². The lowest BCUT2D eigenvalue weighted by molar-refractivity contribution is 1.54. The van der Waals surface area contributed by atoms with Gasteiger partial charge in [-0.25, -0.2) is 0 Å². The minimum Gasteiger partial charge on any atom is -0.0585 e. The van der Waals surface area contributed by atoms with Crippen LogP contribution in [-0.2, 0) is 17.8 Å². The van der Waals surface area contributed by atoms with Gasteiger partial charge in [0.1, 0.15) is 0 Å². The van der Waals surface area contributed by atoms with Gasteiger partial charge in [-0.15, -0.1) is 0 Å². The number of hydrogen-bond donors (Lipinski definition) is 0. The van der Waals surface area contributed by atoms with Crippen LogP contribution in [0.25, 0.3) is 0 Å². The second kappa shape index (κ2) is 3.49. The summed E-state index contributed by atoms with van der Waals surface area (Å²) in [5.41, 5.74) is 0. The maximum Gasteiger partial charge on any atom is 0.00457 e. The van der Waals surface area contributed by atoms with Crippen LogP contribution in [0.4, 0.5) is 0 Å². The minimum atomic E-state index is 0.231. The minimum absolute atomic E-state index is 0.231. The maximum absolute atomic E-state index is 4.79. The van der Waals surface area contributed by atoms with E-state index in [4.69, 9.17) is 11.2 Å². The van der Waals surface area contributed by atoms with Crippen LogP contribution >= 0.6 is 21.2 Å². The van der Waals surface area contributed by atoms with Gasteiger partial charge in [0.05, 0.1) is 0 Å². The number of rotatable bonds is 1. The van der Waals surface area contributed by atoms with Crippen molar-refractivity contribution >= 4 is 39.0 Å². The van der Waals surface area contributed by atoms with Crippen molar-refractivity contribution in [2.75, 3.05) is 5.75 Å². The number of hydrogen-bond acceptors (Lipinski definition) is 1. The fourth-order valence-corrected chi connectivity index (χ4v) is 0. The highest BCUT2D eigenvalue weighted by Crippen LogP contribution is 1.90. The van der Waals surface area contributed by atoms with E-state index in [-0.39, 0.29) is 6.63 Å². The molecule has 5 heavy (non-hydrogen) atoms. The third kappa shape index (κ3) is 5.30. The molecule has 0 heterocycles. The molecule has 1 unspecified atom stereocenters. The first-order chi connectivity index (χ1) is 2.27. The molecule has 0 radical (unpaired) electrons. The Kier molecular flexibility index (Phi) is 4.40. The Balaban J connectivity index is 2.85. The lowest BCUT2D eigenvalue weighted by Crippen LogP contribution is -1.71. The van der Waals surface area contributed by atoms with Gasteiger partial charge in [-0.1, -0.05) is 13.5 Å². The van der Waals surface area contributed by atoms with Gasteiger partial charge in [0.15, 0.2) is 0 Å². The van der Waals surface area contributed by atoms with Crippen LogP contribution in [0.1, 0.15) is 6.92 Å². The third-order valence-corrected chi connectivity index (χ3v) is 3.26. The van der Waals surface area contributed by atoms with Gasteiger partial charge >= 0.3 is 0 Å². The van der Waals surface area contributed by atoms with Crippen molar-refractivity contribution in [1.82, 2.24) is 0 Å². The highest BCUT2D eigenvalue weighted by atomic mass is 127. The summed E-state index contributed by atoms with van der Waals surface area (Å²) in [5, 5.41) is 0. The molecule has 0 fully saturated rings. The van der Waals surface area contributed by atoms with E-state index in [0.717, 1.165) is 5.75 Å². The molecule has 0 aliphatic carbocycles. The van der Waals surface area contributed by atoms with E-state index in [0.29, 0.717) is 0 Å². The van der Waals surface area contributed by atoms with Crippen molar-refractivity contribution in [3.05, 3.63) is 0 Å². The smallest absolute Gasteiger partial charge is 0.00457 e. The van der Waals surface area contributed by atoms with Crippen LogP contribution in [-0.4, -0.2) is 5.75 Å². The molecule has 0 aliphatic heterocycles. The van der Waals surface area contributed by atoms with Crippen LogP contribution in [0.3, 0.4) is 0 Å². The first kappa shape index (κ1) is 6.30. The summed E-state index contributed by atoms with van der Waals surface area (Å²) in [6, 6.07) is 0. The van der Waals surface area contributed by atoms with Gasteiger partial charge in [0, 0.05) is 27.0 Å². The summed E-state index contributed by atoms with van der Waals surface area (Å²) in [7, 11) is 0. The van der Waals surface area contributed by atoms with E-state index in [1.54, 1.807) is 0 Å². The van der Waals surface area contributed by atoms with Gasteiger partial charge in [-0.05, 0) is 11.2 Å². The van der Waals surface area contributed by atoms with Crippen molar-refractivity contribution in [2.45, 2.75) is 6.92 Å². The molecular formula is C2H5IS2. The zero-order valence-corrected chi connectivity index (χ0v) is 6.69. The van der Waals surface area contributed by atoms with Crippen molar-refractivity contribution in [3.63, 3.8) is 0 Å². The molecule has 0 saturated carbocycles. The average molecular weight is 220 g/mol. The third-order valence-electron chi connectivity index (χ3n) is 0.227. The Morgan fingerprint density at radius 1 is 2.00 bits per heavy atom. The second-order valence-corrected chi connectivity index (χ2v) is 7.93. The van der Waals surface area contributed by atoms with Gasteiger partial charge in [-0.3, -0.25) is 0 Å². The molecule has 0 spiro atoms. The molecule has 0 bridgehead atoms. The molecule has 0 amide bonds. The molecule has 0 rings (SSSR count). The zero-order valence-electron chi connectivity index (χ0n) is 2.90. The predicted molar refractivity (Wildman–Crippen MR) is 39.3 cm³/mol. The molecule has 0 saturated heterocycles. The quantitative estimate of drug-likeness (QED) is 0.476. The van der Waals surface area contributed by atoms with E-state index in [9.17, 15) is 0 Å².